The molecule has 0 fully saturated rings. The van der Waals surface area contributed by atoms with Crippen LogP contribution in [0.3, 0.4) is 0 Å². The minimum Gasteiger partial charge on any atom is -0.328 e. The molecule has 0 aliphatic carbocycles. The van der Waals surface area contributed by atoms with Crippen molar-refractivity contribution < 1.29 is 13.0 Å². The van der Waals surface area contributed by atoms with E-state index in [0.717, 1.165) is 0 Å². The summed E-state index contributed by atoms with van der Waals surface area (Å²) in [5, 5.41) is 0. The molecular formula is C6H13F2NOS. The minimum absolute atomic E-state index is 0.0587. The summed E-state index contributed by atoms with van der Waals surface area (Å²) >= 11 is 0. The molecule has 68 valence electrons. The lowest BCUT2D eigenvalue weighted by Gasteiger charge is -2.03. The SMILES string of the molecule is CC(N)CCS(=O)CC(F)F. The minimum atomic E-state index is -2.47. The third kappa shape index (κ3) is 7.87. The van der Waals surface area contributed by atoms with E-state index >= 15 is 0 Å². The number of rotatable bonds is 5. The van der Waals surface area contributed by atoms with E-state index in [4.69, 9.17) is 5.73 Å². The lowest BCUT2D eigenvalue weighted by atomic mass is 10.3. The van der Waals surface area contributed by atoms with Gasteiger partial charge in [0.2, 0.25) is 6.43 Å². The third-order valence-corrected chi connectivity index (χ3v) is 2.43. The van der Waals surface area contributed by atoms with Gasteiger partial charge in [0.15, 0.2) is 0 Å². The Labute approximate surface area is 67.6 Å². The summed E-state index contributed by atoms with van der Waals surface area (Å²) in [6.07, 6.45) is -1.93. The number of hydrogen-bond donors (Lipinski definition) is 1. The number of hydrogen-bond acceptors (Lipinski definition) is 2. The van der Waals surface area contributed by atoms with Crippen LogP contribution < -0.4 is 5.73 Å². The molecule has 2 nitrogen and oxygen atoms in total. The van der Waals surface area contributed by atoms with Crippen LogP contribution in [0.25, 0.3) is 0 Å². The molecule has 0 rings (SSSR count). The summed E-state index contributed by atoms with van der Waals surface area (Å²) in [7, 11) is -1.40. The van der Waals surface area contributed by atoms with Crippen molar-refractivity contribution in [1.82, 2.24) is 0 Å². The van der Waals surface area contributed by atoms with E-state index < -0.39 is 23.0 Å². The maximum atomic E-state index is 11.6. The van der Waals surface area contributed by atoms with Gasteiger partial charge in [-0.2, -0.15) is 0 Å². The van der Waals surface area contributed by atoms with Crippen LogP contribution in [-0.4, -0.2) is 28.2 Å². The molecule has 2 atom stereocenters. The highest BCUT2D eigenvalue weighted by atomic mass is 32.2. The first kappa shape index (κ1) is 11.0. The van der Waals surface area contributed by atoms with Crippen molar-refractivity contribution in [1.29, 1.82) is 0 Å². The molecule has 0 aliphatic heterocycles. The van der Waals surface area contributed by atoms with E-state index in [1.165, 1.54) is 0 Å². The van der Waals surface area contributed by atoms with E-state index in [2.05, 4.69) is 0 Å². The molecule has 0 saturated carbocycles. The number of alkyl halides is 2. The maximum Gasteiger partial charge on any atom is 0.250 e. The molecule has 0 heterocycles. The second kappa shape index (κ2) is 5.60. The van der Waals surface area contributed by atoms with Gasteiger partial charge < -0.3 is 5.73 Å². The van der Waals surface area contributed by atoms with Crippen LogP contribution in [0.15, 0.2) is 0 Å². The Morgan fingerprint density at radius 3 is 2.45 bits per heavy atom. The van der Waals surface area contributed by atoms with Gasteiger partial charge in [-0.3, -0.25) is 4.21 Å². The van der Waals surface area contributed by atoms with Gasteiger partial charge >= 0.3 is 0 Å². The van der Waals surface area contributed by atoms with Gasteiger partial charge in [-0.25, -0.2) is 8.78 Å². The summed E-state index contributed by atoms with van der Waals surface area (Å²) in [5.74, 6) is -0.241. The predicted molar refractivity (Wildman–Crippen MR) is 42.1 cm³/mol. The molecule has 0 spiro atoms. The third-order valence-electron chi connectivity index (χ3n) is 1.11. The normalized spacial score (nSPS) is 16.8. The summed E-state index contributed by atoms with van der Waals surface area (Å²) in [6.45, 7) is 1.76. The van der Waals surface area contributed by atoms with Crippen LogP contribution in [0.4, 0.5) is 8.78 Å². The molecule has 0 aromatic rings. The van der Waals surface area contributed by atoms with Crippen LogP contribution in [0, 0.1) is 0 Å². The molecule has 0 aliphatic rings. The van der Waals surface area contributed by atoms with Crippen molar-refractivity contribution in [2.75, 3.05) is 11.5 Å². The Kier molecular flexibility index (Phi) is 5.58. The molecule has 2 N–H and O–H groups in total. The van der Waals surface area contributed by atoms with Crippen molar-refractivity contribution in [3.63, 3.8) is 0 Å². The summed E-state index contributed by atoms with van der Waals surface area (Å²) in [5.41, 5.74) is 5.35. The second-order valence-corrected chi connectivity index (χ2v) is 4.09. The molecule has 0 saturated heterocycles. The van der Waals surface area contributed by atoms with E-state index in [-0.39, 0.29) is 11.8 Å². The molecular weight excluding hydrogens is 172 g/mol. The first-order valence-corrected chi connectivity index (χ1v) is 4.90. The maximum absolute atomic E-state index is 11.6. The average molecular weight is 185 g/mol. The fourth-order valence-corrected chi connectivity index (χ4v) is 1.62. The quantitative estimate of drug-likeness (QED) is 0.686. The second-order valence-electron chi connectivity index (χ2n) is 2.47. The lowest BCUT2D eigenvalue weighted by Crippen LogP contribution is -2.20. The van der Waals surface area contributed by atoms with Crippen LogP contribution >= 0.6 is 0 Å². The van der Waals surface area contributed by atoms with Crippen LogP contribution in [0.5, 0.6) is 0 Å². The predicted octanol–water partition coefficient (Wildman–Crippen LogP) is 0.738. The van der Waals surface area contributed by atoms with Gasteiger partial charge in [-0.1, -0.05) is 0 Å². The lowest BCUT2D eigenvalue weighted by molar-refractivity contribution is 0.175. The van der Waals surface area contributed by atoms with Crippen molar-refractivity contribution in [2.24, 2.45) is 5.73 Å². The summed E-state index contributed by atoms with van der Waals surface area (Å²) in [6, 6.07) is -0.0587. The molecule has 2 unspecified atom stereocenters. The highest BCUT2D eigenvalue weighted by molar-refractivity contribution is 7.85. The fourth-order valence-electron chi connectivity index (χ4n) is 0.541. The van der Waals surface area contributed by atoms with Crippen molar-refractivity contribution in [3.8, 4) is 0 Å². The van der Waals surface area contributed by atoms with Gasteiger partial charge in [0, 0.05) is 22.6 Å². The topological polar surface area (TPSA) is 43.1 Å². The van der Waals surface area contributed by atoms with Crippen molar-refractivity contribution >= 4 is 10.8 Å². The largest absolute Gasteiger partial charge is 0.328 e. The molecule has 5 heteroatoms. The summed E-state index contributed by atoms with van der Waals surface area (Å²) < 4.78 is 33.9. The van der Waals surface area contributed by atoms with E-state index in [1.807, 2.05) is 0 Å². The Morgan fingerprint density at radius 1 is 1.55 bits per heavy atom. The molecule has 0 radical (unpaired) electrons. The number of halogens is 2. The zero-order valence-corrected chi connectivity index (χ0v) is 7.24. The average Bonchev–Trinajstić information content (AvgIpc) is 1.82. The number of nitrogens with two attached hydrogens (primary N) is 1. The molecule has 0 amide bonds. The molecule has 0 aromatic heterocycles. The van der Waals surface area contributed by atoms with Crippen molar-refractivity contribution in [2.45, 2.75) is 25.8 Å². The zero-order chi connectivity index (χ0) is 8.85. The van der Waals surface area contributed by atoms with Crippen molar-refractivity contribution in [3.05, 3.63) is 0 Å². The fraction of sp³-hybridized carbons (Fsp3) is 1.00. The Bertz CT molecular complexity index is 130. The van der Waals surface area contributed by atoms with Gasteiger partial charge in [0.05, 0.1) is 5.75 Å². The Balaban J connectivity index is 3.38. The standard InChI is InChI=1S/C6H13F2NOS/c1-5(9)2-3-11(10)4-6(7)8/h5-6H,2-4,9H2,1H3. The highest BCUT2D eigenvalue weighted by Gasteiger charge is 2.09. The van der Waals surface area contributed by atoms with E-state index in [1.54, 1.807) is 6.92 Å². The van der Waals surface area contributed by atoms with Gasteiger partial charge in [0.1, 0.15) is 0 Å². The van der Waals surface area contributed by atoms with Gasteiger partial charge in [-0.15, -0.1) is 0 Å². The summed E-state index contributed by atoms with van der Waals surface area (Å²) in [4.78, 5) is 0. The Hall–Kier alpha value is -0.0300. The van der Waals surface area contributed by atoms with Crippen LogP contribution in [0.2, 0.25) is 0 Å². The first-order valence-electron chi connectivity index (χ1n) is 3.41. The first-order chi connectivity index (χ1) is 5.02. The monoisotopic (exact) mass is 185 g/mol. The molecule has 11 heavy (non-hydrogen) atoms. The van der Waals surface area contributed by atoms with E-state index in [0.29, 0.717) is 6.42 Å². The van der Waals surface area contributed by atoms with Crippen LogP contribution in [-0.2, 0) is 10.8 Å². The van der Waals surface area contributed by atoms with E-state index in [9.17, 15) is 13.0 Å². The zero-order valence-electron chi connectivity index (χ0n) is 6.43. The van der Waals surface area contributed by atoms with Gasteiger partial charge in [0.25, 0.3) is 0 Å². The smallest absolute Gasteiger partial charge is 0.250 e. The van der Waals surface area contributed by atoms with Gasteiger partial charge in [-0.05, 0) is 13.3 Å². The molecule has 0 aromatic carbocycles. The van der Waals surface area contributed by atoms with Crippen LogP contribution in [0.1, 0.15) is 13.3 Å². The molecule has 0 bridgehead atoms. The Morgan fingerprint density at radius 2 is 2.09 bits per heavy atom. The highest BCUT2D eigenvalue weighted by Crippen LogP contribution is 1.98.